The van der Waals surface area contributed by atoms with Crippen LogP contribution in [0.25, 0.3) is 22.1 Å². The number of aromatic hydroxyl groups is 2. The number of ether oxygens (including phenoxy) is 2. The van der Waals surface area contributed by atoms with Crippen molar-refractivity contribution in [3.05, 3.63) is 83.9 Å². The highest BCUT2D eigenvalue weighted by molar-refractivity contribution is 8.00. The van der Waals surface area contributed by atoms with Crippen molar-refractivity contribution >= 4 is 68.8 Å². The minimum atomic E-state index is -6.07. The summed E-state index contributed by atoms with van der Waals surface area (Å²) in [6.45, 7) is 4.55. The van der Waals surface area contributed by atoms with Crippen LogP contribution in [0.3, 0.4) is 0 Å². The highest BCUT2D eigenvalue weighted by Gasteiger charge is 2.72. The number of anilines is 2. The van der Waals surface area contributed by atoms with Gasteiger partial charge in [-0.15, -0.1) is 0 Å². The van der Waals surface area contributed by atoms with E-state index in [1.807, 2.05) is 13.8 Å². The third-order valence-corrected chi connectivity index (χ3v) is 10.2. The molecule has 0 spiro atoms. The Morgan fingerprint density at radius 1 is 0.649 bits per heavy atom. The molecular formula is C37H32F6N6O6S2. The first-order valence-electron chi connectivity index (χ1n) is 16.9. The Morgan fingerprint density at radius 2 is 1.05 bits per heavy atom. The molecule has 0 atom stereocenters. The van der Waals surface area contributed by atoms with Crippen molar-refractivity contribution in [1.82, 2.24) is 19.9 Å². The van der Waals surface area contributed by atoms with Gasteiger partial charge in [0.1, 0.15) is 23.0 Å². The molecule has 6 aromatic rings. The fourth-order valence-electron chi connectivity index (χ4n) is 5.94. The van der Waals surface area contributed by atoms with E-state index in [0.29, 0.717) is 81.4 Å². The van der Waals surface area contributed by atoms with Crippen LogP contribution in [-0.4, -0.2) is 79.0 Å². The Morgan fingerprint density at radius 3 is 1.40 bits per heavy atom. The number of thioether (sulfide) groups is 2. The average molecular weight is 835 g/mol. The smallest absolute Gasteiger partial charge is 0.411 e. The molecule has 0 saturated carbocycles. The zero-order valence-corrected chi connectivity index (χ0v) is 31.4. The number of carbonyl (C=O) groups is 2. The van der Waals surface area contributed by atoms with Crippen molar-refractivity contribution in [2.45, 2.75) is 41.9 Å². The van der Waals surface area contributed by atoms with Gasteiger partial charge in [-0.1, -0.05) is 35.7 Å². The number of hydrogen-bond donors (Lipinski definition) is 6. The predicted molar refractivity (Wildman–Crippen MR) is 202 cm³/mol. The second kappa shape index (κ2) is 16.4. The Labute approximate surface area is 327 Å². The van der Waals surface area contributed by atoms with Crippen LogP contribution >= 0.6 is 23.5 Å². The number of alkyl halides is 6. The summed E-state index contributed by atoms with van der Waals surface area (Å²) < 4.78 is 100. The van der Waals surface area contributed by atoms with Gasteiger partial charge in [0.05, 0.1) is 58.2 Å². The molecule has 0 aliphatic carbocycles. The van der Waals surface area contributed by atoms with Gasteiger partial charge in [-0.3, -0.25) is 9.59 Å². The highest BCUT2D eigenvalue weighted by atomic mass is 32.2. The minimum absolute atomic E-state index is 0.249. The maximum Gasteiger partial charge on any atom is 0.411 e. The molecule has 0 unspecified atom stereocenters. The SMILES string of the molecule is CCOc1ccc2nc(SCC(=O)Nc3ccc(C(c4ccc(NC(=O)CSc5nc6ccc(OCC)cc6[nH]5)c(O)c4)(C(F)(F)F)C(F)(F)F)cc3O)[nH]c2c1. The zero-order chi connectivity index (χ0) is 41.1. The van der Waals surface area contributed by atoms with E-state index < -0.39 is 63.6 Å². The summed E-state index contributed by atoms with van der Waals surface area (Å²) in [4.78, 5) is 40.1. The van der Waals surface area contributed by atoms with Crippen LogP contribution in [0, 0.1) is 0 Å². The highest BCUT2D eigenvalue weighted by Crippen LogP contribution is 2.57. The van der Waals surface area contributed by atoms with E-state index in [-0.39, 0.29) is 23.6 Å². The number of phenols is 2. The number of carbonyl (C=O) groups excluding carboxylic acids is 2. The first-order valence-corrected chi connectivity index (χ1v) is 18.9. The lowest BCUT2D eigenvalue weighted by atomic mass is 9.72. The molecule has 2 heterocycles. The minimum Gasteiger partial charge on any atom is -0.506 e. The molecule has 2 aromatic heterocycles. The van der Waals surface area contributed by atoms with Crippen LogP contribution in [0.2, 0.25) is 0 Å². The molecule has 2 amide bonds. The number of phenolic OH excluding ortho intramolecular Hbond substituents is 2. The molecule has 12 nitrogen and oxygen atoms in total. The Kier molecular flexibility index (Phi) is 11.7. The van der Waals surface area contributed by atoms with Crippen LogP contribution in [0.1, 0.15) is 25.0 Å². The number of aromatic nitrogens is 4. The standard InChI is InChI=1S/C37H32F6N6O6S2/c1-3-54-21-7-11-23-27(15-21)48-33(46-23)56-17-31(52)44-25-9-5-19(13-29(25)50)35(36(38,39)40,37(41,42)43)20-6-10-26(30(51)14-20)45-32(53)18-57-34-47-24-12-8-22(55-4-2)16-28(24)49-34/h5-16,50-51H,3-4,17-18H2,1-2H3,(H,44,52)(H,45,53)(H,46,48)(H,47,49). The summed E-state index contributed by atoms with van der Waals surface area (Å²) in [7, 11) is 0. The van der Waals surface area contributed by atoms with Gasteiger partial charge in [0.25, 0.3) is 0 Å². The number of nitrogens with one attached hydrogen (secondary N) is 4. The molecule has 0 aliphatic rings. The molecule has 4 aromatic carbocycles. The van der Waals surface area contributed by atoms with Crippen molar-refractivity contribution in [2.75, 3.05) is 35.4 Å². The predicted octanol–water partition coefficient (Wildman–Crippen LogP) is 8.52. The second-order valence-corrected chi connectivity index (χ2v) is 14.1. The number of nitrogens with zero attached hydrogens (tertiary/aromatic N) is 2. The molecule has 0 bridgehead atoms. The number of amides is 2. The van der Waals surface area contributed by atoms with Crippen LogP contribution in [0.15, 0.2) is 83.1 Å². The molecule has 0 radical (unpaired) electrons. The van der Waals surface area contributed by atoms with E-state index >= 15 is 0 Å². The lowest BCUT2D eigenvalue weighted by Crippen LogP contribution is -2.54. The third-order valence-electron chi connectivity index (χ3n) is 8.43. The monoisotopic (exact) mass is 834 g/mol. The van der Waals surface area contributed by atoms with E-state index in [4.69, 9.17) is 9.47 Å². The van der Waals surface area contributed by atoms with E-state index in [0.717, 1.165) is 23.5 Å². The summed E-state index contributed by atoms with van der Waals surface area (Å²) in [6, 6.07) is 13.1. The van der Waals surface area contributed by atoms with Gasteiger partial charge >= 0.3 is 12.4 Å². The quantitative estimate of drug-likeness (QED) is 0.0355. The number of fused-ring (bicyclic) bond motifs is 2. The molecule has 0 saturated heterocycles. The second-order valence-electron chi connectivity index (χ2n) is 12.2. The Bertz CT molecular complexity index is 2270. The van der Waals surface area contributed by atoms with Gasteiger partial charge in [0, 0.05) is 12.1 Å². The topological polar surface area (TPSA) is 174 Å². The van der Waals surface area contributed by atoms with Crippen LogP contribution in [-0.2, 0) is 15.0 Å². The summed E-state index contributed by atoms with van der Waals surface area (Å²) in [6.07, 6.45) is -12.1. The molecule has 0 aliphatic heterocycles. The van der Waals surface area contributed by atoms with Crippen molar-refractivity contribution < 1.29 is 55.6 Å². The largest absolute Gasteiger partial charge is 0.506 e. The van der Waals surface area contributed by atoms with E-state index in [1.54, 1.807) is 36.4 Å². The molecule has 6 N–H and O–H groups in total. The normalized spacial score (nSPS) is 12.2. The zero-order valence-electron chi connectivity index (χ0n) is 29.8. The van der Waals surface area contributed by atoms with Crippen molar-refractivity contribution in [3.8, 4) is 23.0 Å². The van der Waals surface area contributed by atoms with E-state index in [9.17, 15) is 46.1 Å². The molecule has 6 rings (SSSR count). The van der Waals surface area contributed by atoms with Gasteiger partial charge in [-0.05, 0) is 73.5 Å². The number of rotatable bonds is 14. The van der Waals surface area contributed by atoms with Crippen LogP contribution in [0.4, 0.5) is 37.7 Å². The van der Waals surface area contributed by atoms with Gasteiger partial charge in [0.2, 0.25) is 17.2 Å². The van der Waals surface area contributed by atoms with E-state index in [2.05, 4.69) is 30.6 Å². The summed E-state index contributed by atoms with van der Waals surface area (Å²) in [5.41, 5.74) is -6.13. The molecular weight excluding hydrogens is 803 g/mol. The number of aromatic amines is 2. The molecule has 0 fully saturated rings. The summed E-state index contributed by atoms with van der Waals surface area (Å²) in [5.74, 6) is -3.03. The van der Waals surface area contributed by atoms with Gasteiger partial charge in [0.15, 0.2) is 10.3 Å². The molecule has 300 valence electrons. The lowest BCUT2D eigenvalue weighted by Gasteiger charge is -2.38. The fraction of sp³-hybridized carbons (Fsp3) is 0.243. The number of H-pyrrole nitrogens is 2. The number of imidazole rings is 2. The van der Waals surface area contributed by atoms with Crippen molar-refractivity contribution in [2.24, 2.45) is 0 Å². The third kappa shape index (κ3) is 8.65. The average Bonchev–Trinajstić information content (AvgIpc) is 3.74. The molecule has 20 heteroatoms. The lowest BCUT2D eigenvalue weighted by molar-refractivity contribution is -0.288. The maximum absolute atomic E-state index is 14.9. The van der Waals surface area contributed by atoms with E-state index in [1.165, 1.54) is 0 Å². The van der Waals surface area contributed by atoms with Gasteiger partial charge in [-0.25, -0.2) is 9.97 Å². The van der Waals surface area contributed by atoms with Crippen LogP contribution in [0.5, 0.6) is 23.0 Å². The number of benzene rings is 4. The van der Waals surface area contributed by atoms with Crippen molar-refractivity contribution in [3.63, 3.8) is 0 Å². The first kappa shape index (κ1) is 40.9. The molecule has 57 heavy (non-hydrogen) atoms. The summed E-state index contributed by atoms with van der Waals surface area (Å²) in [5, 5.41) is 26.5. The fourth-order valence-corrected chi connectivity index (χ4v) is 7.31. The number of hydrogen-bond acceptors (Lipinski definition) is 10. The number of halogens is 6. The Balaban J connectivity index is 1.17. The first-order chi connectivity index (χ1) is 27.0. The van der Waals surface area contributed by atoms with Crippen molar-refractivity contribution in [1.29, 1.82) is 0 Å². The van der Waals surface area contributed by atoms with Gasteiger partial charge in [-0.2, -0.15) is 26.3 Å². The maximum atomic E-state index is 14.9. The van der Waals surface area contributed by atoms with Gasteiger partial charge < -0.3 is 40.3 Å². The van der Waals surface area contributed by atoms with Crippen LogP contribution < -0.4 is 20.1 Å². The Hall–Kier alpha value is -5.76. The summed E-state index contributed by atoms with van der Waals surface area (Å²) >= 11 is 1.92.